The van der Waals surface area contributed by atoms with Crippen LogP contribution in [0.1, 0.15) is 19.3 Å². The van der Waals surface area contributed by atoms with Gasteiger partial charge in [0.15, 0.2) is 0 Å². The van der Waals surface area contributed by atoms with Crippen LogP contribution >= 0.6 is 11.8 Å². The fourth-order valence-corrected chi connectivity index (χ4v) is 3.57. The zero-order valence-electron chi connectivity index (χ0n) is 10.6. The topological polar surface area (TPSA) is 74.4 Å². The van der Waals surface area contributed by atoms with Gasteiger partial charge in [-0.2, -0.15) is 0 Å². The van der Waals surface area contributed by atoms with E-state index in [2.05, 4.69) is 28.3 Å². The van der Waals surface area contributed by atoms with E-state index in [0.29, 0.717) is 12.3 Å². The molecule has 2 aromatic rings. The lowest BCUT2D eigenvalue weighted by Crippen LogP contribution is -2.19. The van der Waals surface area contributed by atoms with Gasteiger partial charge < -0.3 is 15.9 Å². The molecule has 4 nitrogen and oxygen atoms in total. The van der Waals surface area contributed by atoms with Crippen molar-refractivity contribution in [3.63, 3.8) is 0 Å². The number of rotatable bonds is 5. The second-order valence-corrected chi connectivity index (χ2v) is 6.29. The third-order valence-corrected chi connectivity index (χ3v) is 4.97. The van der Waals surface area contributed by atoms with Gasteiger partial charge in [-0.05, 0) is 30.4 Å². The van der Waals surface area contributed by atoms with Crippen LogP contribution in [0.15, 0.2) is 40.5 Å². The predicted molar refractivity (Wildman–Crippen MR) is 78.7 cm³/mol. The molecule has 19 heavy (non-hydrogen) atoms. The predicted octanol–water partition coefficient (Wildman–Crippen LogP) is 3.18. The normalized spacial score (nSPS) is 17.8. The van der Waals surface area contributed by atoms with Crippen molar-refractivity contribution >= 4 is 28.5 Å². The van der Waals surface area contributed by atoms with Crippen LogP contribution in [-0.4, -0.2) is 21.8 Å². The molecule has 3 rings (SSSR count). The summed E-state index contributed by atoms with van der Waals surface area (Å²) in [4.78, 5) is 3.42. The summed E-state index contributed by atoms with van der Waals surface area (Å²) in [5, 5.41) is 14.2. The monoisotopic (exact) mass is 275 g/mol. The van der Waals surface area contributed by atoms with Crippen molar-refractivity contribution in [3.05, 3.63) is 30.3 Å². The Morgan fingerprint density at radius 3 is 2.89 bits per heavy atom. The number of nitrogens with one attached hydrogen (secondary N) is 1. The molecule has 1 aromatic heterocycles. The maximum absolute atomic E-state index is 8.66. The fraction of sp³-hybridized carbons (Fsp3) is 0.357. The minimum Gasteiger partial charge on any atom is -0.409 e. The summed E-state index contributed by atoms with van der Waals surface area (Å²) in [6.07, 6.45) is 3.02. The summed E-state index contributed by atoms with van der Waals surface area (Å²) in [7, 11) is 0. The molecule has 0 spiro atoms. The van der Waals surface area contributed by atoms with Gasteiger partial charge in [0.25, 0.3) is 0 Å². The standard InChI is InChI=1S/C14H17N3OS/c15-12(17-18)8-14(5-6-14)9-19-13-7-10-3-1-2-4-11(10)16-13/h1-4,7,16,18H,5-6,8-9H2,(H2,15,17). The molecule has 1 saturated carbocycles. The van der Waals surface area contributed by atoms with E-state index < -0.39 is 0 Å². The van der Waals surface area contributed by atoms with E-state index in [1.807, 2.05) is 23.9 Å². The van der Waals surface area contributed by atoms with E-state index in [1.54, 1.807) is 0 Å². The number of hydrogen-bond donors (Lipinski definition) is 3. The molecule has 0 bridgehead atoms. The molecule has 0 aliphatic heterocycles. The maximum Gasteiger partial charge on any atom is 0.139 e. The molecular formula is C14H17N3OS. The van der Waals surface area contributed by atoms with Gasteiger partial charge >= 0.3 is 0 Å². The molecule has 1 aromatic carbocycles. The van der Waals surface area contributed by atoms with E-state index in [4.69, 9.17) is 10.9 Å². The average molecular weight is 275 g/mol. The fourth-order valence-electron chi connectivity index (χ4n) is 2.32. The van der Waals surface area contributed by atoms with Crippen LogP contribution in [0.3, 0.4) is 0 Å². The molecule has 1 fully saturated rings. The van der Waals surface area contributed by atoms with Gasteiger partial charge in [0.2, 0.25) is 0 Å². The first-order valence-corrected chi connectivity index (χ1v) is 7.36. The number of H-pyrrole nitrogens is 1. The number of hydrogen-bond acceptors (Lipinski definition) is 3. The Bertz CT molecular complexity index is 583. The van der Waals surface area contributed by atoms with E-state index in [9.17, 15) is 0 Å². The number of fused-ring (bicyclic) bond motifs is 1. The van der Waals surface area contributed by atoms with Crippen molar-refractivity contribution in [1.82, 2.24) is 4.98 Å². The number of benzene rings is 1. The Morgan fingerprint density at radius 1 is 1.42 bits per heavy atom. The molecule has 0 amide bonds. The molecule has 5 heteroatoms. The summed E-state index contributed by atoms with van der Waals surface area (Å²) in [6, 6.07) is 10.5. The second kappa shape index (κ2) is 4.81. The molecule has 4 N–H and O–H groups in total. The first kappa shape index (κ1) is 12.4. The van der Waals surface area contributed by atoms with Crippen molar-refractivity contribution < 1.29 is 5.21 Å². The van der Waals surface area contributed by atoms with Gasteiger partial charge in [0.05, 0.1) is 5.03 Å². The smallest absolute Gasteiger partial charge is 0.139 e. The van der Waals surface area contributed by atoms with Crippen molar-refractivity contribution in [2.24, 2.45) is 16.3 Å². The molecule has 0 radical (unpaired) electrons. The van der Waals surface area contributed by atoms with Crippen LogP contribution in [0.4, 0.5) is 0 Å². The third-order valence-electron chi connectivity index (χ3n) is 3.68. The third kappa shape index (κ3) is 2.71. The van der Waals surface area contributed by atoms with E-state index in [1.165, 1.54) is 15.9 Å². The Kier molecular flexibility index (Phi) is 3.14. The molecule has 0 saturated heterocycles. The molecular weight excluding hydrogens is 258 g/mol. The van der Waals surface area contributed by atoms with Gasteiger partial charge in [-0.25, -0.2) is 0 Å². The summed E-state index contributed by atoms with van der Waals surface area (Å²) in [6.45, 7) is 0. The van der Waals surface area contributed by atoms with Crippen molar-refractivity contribution in [3.8, 4) is 0 Å². The van der Waals surface area contributed by atoms with E-state index >= 15 is 0 Å². The van der Waals surface area contributed by atoms with Crippen LogP contribution in [0.2, 0.25) is 0 Å². The highest BCUT2D eigenvalue weighted by molar-refractivity contribution is 7.99. The number of amidine groups is 1. The quantitative estimate of drug-likeness (QED) is 0.258. The van der Waals surface area contributed by atoms with Crippen molar-refractivity contribution in [2.45, 2.75) is 24.3 Å². The maximum atomic E-state index is 8.66. The van der Waals surface area contributed by atoms with Gasteiger partial charge in [0.1, 0.15) is 5.84 Å². The lowest BCUT2D eigenvalue weighted by atomic mass is 10.1. The van der Waals surface area contributed by atoms with E-state index in [-0.39, 0.29) is 5.41 Å². The zero-order chi connectivity index (χ0) is 13.3. The first-order valence-electron chi connectivity index (χ1n) is 6.38. The van der Waals surface area contributed by atoms with Crippen LogP contribution < -0.4 is 5.73 Å². The molecule has 1 heterocycles. The minimum atomic E-state index is 0.234. The Morgan fingerprint density at radius 2 is 2.21 bits per heavy atom. The molecule has 0 atom stereocenters. The molecule has 100 valence electrons. The molecule has 1 aliphatic carbocycles. The summed E-state index contributed by atoms with van der Waals surface area (Å²) >= 11 is 1.82. The lowest BCUT2D eigenvalue weighted by Gasteiger charge is -2.12. The summed E-state index contributed by atoms with van der Waals surface area (Å²) < 4.78 is 0. The number of oxime groups is 1. The highest BCUT2D eigenvalue weighted by atomic mass is 32.2. The number of nitrogens with zero attached hydrogens (tertiary/aromatic N) is 1. The number of aromatic nitrogens is 1. The summed E-state index contributed by atoms with van der Waals surface area (Å²) in [5.74, 6) is 1.35. The van der Waals surface area contributed by atoms with Crippen LogP contribution in [0, 0.1) is 5.41 Å². The van der Waals surface area contributed by atoms with Gasteiger partial charge in [-0.15, -0.1) is 11.8 Å². The van der Waals surface area contributed by atoms with Crippen LogP contribution in [-0.2, 0) is 0 Å². The van der Waals surface area contributed by atoms with Crippen molar-refractivity contribution in [2.75, 3.05) is 5.75 Å². The van der Waals surface area contributed by atoms with Gasteiger partial charge in [-0.1, -0.05) is 23.4 Å². The van der Waals surface area contributed by atoms with Crippen LogP contribution in [0.5, 0.6) is 0 Å². The first-order chi connectivity index (χ1) is 9.21. The largest absolute Gasteiger partial charge is 0.409 e. The average Bonchev–Trinajstić information content (AvgIpc) is 3.05. The Labute approximate surface area is 116 Å². The minimum absolute atomic E-state index is 0.234. The number of nitrogens with two attached hydrogens (primary N) is 1. The van der Waals surface area contributed by atoms with Gasteiger partial charge in [-0.3, -0.25) is 0 Å². The Hall–Kier alpha value is -1.62. The number of aromatic amines is 1. The highest BCUT2D eigenvalue weighted by Gasteiger charge is 2.43. The van der Waals surface area contributed by atoms with Crippen LogP contribution in [0.25, 0.3) is 10.9 Å². The zero-order valence-corrected chi connectivity index (χ0v) is 11.4. The molecule has 1 aliphatic rings. The molecule has 0 unspecified atom stereocenters. The summed E-state index contributed by atoms with van der Waals surface area (Å²) in [5.41, 5.74) is 7.02. The van der Waals surface area contributed by atoms with Gasteiger partial charge in [0, 0.05) is 23.1 Å². The van der Waals surface area contributed by atoms with E-state index in [0.717, 1.165) is 18.6 Å². The number of thioether (sulfide) groups is 1. The lowest BCUT2D eigenvalue weighted by molar-refractivity contribution is 0.315. The Balaban J connectivity index is 1.66. The second-order valence-electron chi connectivity index (χ2n) is 5.28. The highest BCUT2D eigenvalue weighted by Crippen LogP contribution is 2.51. The number of para-hydroxylation sites is 1. The SMILES string of the molecule is NC(CC1(CSc2cc3ccccc3[nH]2)CC1)=NO. The van der Waals surface area contributed by atoms with Crippen molar-refractivity contribution in [1.29, 1.82) is 0 Å².